The highest BCUT2D eigenvalue weighted by Gasteiger charge is 1.98. The van der Waals surface area contributed by atoms with E-state index in [1.54, 1.807) is 0 Å². The van der Waals surface area contributed by atoms with E-state index in [1.165, 1.54) is 34.0 Å². The van der Waals surface area contributed by atoms with Gasteiger partial charge < -0.3 is 9.90 Å². The van der Waals surface area contributed by atoms with Gasteiger partial charge in [-0.2, -0.15) is 0 Å². The summed E-state index contributed by atoms with van der Waals surface area (Å²) in [6.45, 7) is 6.64. The predicted octanol–water partition coefficient (Wildman–Crippen LogP) is 3.61. The van der Waals surface area contributed by atoms with Crippen LogP contribution in [0.2, 0.25) is 0 Å². The Morgan fingerprint density at radius 3 is 2.05 bits per heavy atom. The average molecular weight is 277 g/mol. The standard InChI is InChI=1S/C15H12.C4H6O2/c1-11-5-4-8-14-9-12-6-2-3-7-13(12)10-15(11)14;1-3(2)4(5)6/h2-10H,1H3;1H2,2H3,(H,5,6)/p-1. The fourth-order valence-corrected chi connectivity index (χ4v) is 2.12. The molecule has 0 heterocycles. The zero-order valence-electron chi connectivity index (χ0n) is 12.2. The molecule has 0 spiro atoms. The van der Waals surface area contributed by atoms with E-state index in [4.69, 9.17) is 0 Å². The Labute approximate surface area is 124 Å². The molecule has 3 rings (SSSR count). The quantitative estimate of drug-likeness (QED) is 0.503. The summed E-state index contributed by atoms with van der Waals surface area (Å²) < 4.78 is 0. The normalized spacial score (nSPS) is 10.0. The molecule has 3 aromatic carbocycles. The first-order chi connectivity index (χ1) is 9.99. The number of carbonyl (C=O) groups excluding carboxylic acids is 1. The van der Waals surface area contributed by atoms with Crippen LogP contribution in [0.4, 0.5) is 0 Å². The van der Waals surface area contributed by atoms with E-state index < -0.39 is 5.97 Å². The van der Waals surface area contributed by atoms with Gasteiger partial charge in [0.15, 0.2) is 0 Å². The van der Waals surface area contributed by atoms with Crippen molar-refractivity contribution >= 4 is 27.5 Å². The minimum Gasteiger partial charge on any atom is -0.545 e. The van der Waals surface area contributed by atoms with Gasteiger partial charge in [-0.05, 0) is 58.7 Å². The first-order valence-corrected chi connectivity index (χ1v) is 6.74. The van der Waals surface area contributed by atoms with Crippen molar-refractivity contribution in [1.29, 1.82) is 0 Å². The van der Waals surface area contributed by atoms with Crippen LogP contribution in [0.5, 0.6) is 0 Å². The highest BCUT2D eigenvalue weighted by molar-refractivity contribution is 5.99. The van der Waals surface area contributed by atoms with Crippen LogP contribution in [0.15, 0.2) is 66.7 Å². The summed E-state index contributed by atoms with van der Waals surface area (Å²) in [5, 5.41) is 14.8. The summed E-state index contributed by atoms with van der Waals surface area (Å²) in [5.74, 6) is -1.19. The molecule has 21 heavy (non-hydrogen) atoms. The lowest BCUT2D eigenvalue weighted by Gasteiger charge is -2.04. The third-order valence-corrected chi connectivity index (χ3v) is 3.31. The number of aliphatic carboxylic acids is 1. The lowest BCUT2D eigenvalue weighted by molar-refractivity contribution is -0.299. The van der Waals surface area contributed by atoms with Gasteiger partial charge in [0.25, 0.3) is 0 Å². The minimum absolute atomic E-state index is 0.0648. The van der Waals surface area contributed by atoms with E-state index >= 15 is 0 Å². The number of carbonyl (C=O) groups is 1. The van der Waals surface area contributed by atoms with Gasteiger partial charge in [-0.3, -0.25) is 0 Å². The summed E-state index contributed by atoms with van der Waals surface area (Å²) in [4.78, 5) is 9.49. The Kier molecular flexibility index (Phi) is 4.39. The number of benzene rings is 3. The van der Waals surface area contributed by atoms with Crippen molar-refractivity contribution in [3.63, 3.8) is 0 Å². The molecule has 0 saturated heterocycles. The molecule has 2 nitrogen and oxygen atoms in total. The molecule has 0 unspecified atom stereocenters. The largest absolute Gasteiger partial charge is 0.545 e. The molecule has 0 bridgehead atoms. The number of hydrogen-bond donors (Lipinski definition) is 0. The summed E-state index contributed by atoms with van der Waals surface area (Å²) >= 11 is 0. The van der Waals surface area contributed by atoms with Crippen LogP contribution in [0.25, 0.3) is 21.5 Å². The molecule has 106 valence electrons. The monoisotopic (exact) mass is 277 g/mol. The van der Waals surface area contributed by atoms with Crippen LogP contribution < -0.4 is 5.11 Å². The van der Waals surface area contributed by atoms with Crippen LogP contribution >= 0.6 is 0 Å². The van der Waals surface area contributed by atoms with E-state index in [9.17, 15) is 9.90 Å². The molecule has 0 radical (unpaired) electrons. The molecule has 0 fully saturated rings. The Hall–Kier alpha value is -2.61. The first-order valence-electron chi connectivity index (χ1n) is 6.74. The molecule has 0 atom stereocenters. The average Bonchev–Trinajstić information content (AvgIpc) is 2.46. The molecular weight excluding hydrogens is 260 g/mol. The Morgan fingerprint density at radius 1 is 0.952 bits per heavy atom. The number of hydrogen-bond acceptors (Lipinski definition) is 2. The number of carboxylic acids is 1. The highest BCUT2D eigenvalue weighted by atomic mass is 16.4. The van der Waals surface area contributed by atoms with Crippen LogP contribution in [0, 0.1) is 6.92 Å². The number of rotatable bonds is 1. The first kappa shape index (κ1) is 14.8. The molecule has 0 amide bonds. The maximum Gasteiger partial charge on any atom is 0.0666 e. The molecule has 0 saturated carbocycles. The van der Waals surface area contributed by atoms with Gasteiger partial charge in [0, 0.05) is 0 Å². The van der Waals surface area contributed by atoms with Crippen LogP contribution in [-0.4, -0.2) is 5.97 Å². The van der Waals surface area contributed by atoms with Crippen molar-refractivity contribution in [2.24, 2.45) is 0 Å². The molecule has 0 aromatic heterocycles. The molecular formula is C19H17O2-. The van der Waals surface area contributed by atoms with Crippen molar-refractivity contribution in [1.82, 2.24) is 0 Å². The molecule has 0 aliphatic heterocycles. The van der Waals surface area contributed by atoms with Gasteiger partial charge in [-0.1, -0.05) is 49.0 Å². The van der Waals surface area contributed by atoms with E-state index in [2.05, 4.69) is 68.1 Å². The Bertz CT molecular complexity index is 804. The lowest BCUT2D eigenvalue weighted by Crippen LogP contribution is -2.22. The zero-order valence-corrected chi connectivity index (χ0v) is 12.2. The topological polar surface area (TPSA) is 40.1 Å². The Morgan fingerprint density at radius 2 is 1.48 bits per heavy atom. The second-order valence-electron chi connectivity index (χ2n) is 5.06. The van der Waals surface area contributed by atoms with Crippen molar-refractivity contribution in [2.75, 3.05) is 0 Å². The van der Waals surface area contributed by atoms with Gasteiger partial charge in [0.05, 0.1) is 5.97 Å². The van der Waals surface area contributed by atoms with Gasteiger partial charge in [-0.25, -0.2) is 0 Å². The van der Waals surface area contributed by atoms with E-state index in [0.29, 0.717) is 0 Å². The maximum atomic E-state index is 9.49. The maximum absolute atomic E-state index is 9.49. The summed E-state index contributed by atoms with van der Waals surface area (Å²) in [6.07, 6.45) is 0. The lowest BCUT2D eigenvalue weighted by atomic mass is 10.0. The molecule has 0 N–H and O–H groups in total. The SMILES string of the molecule is C=C(C)C(=O)[O-].Cc1cccc2cc3ccccc3cc12. The van der Waals surface area contributed by atoms with Gasteiger partial charge in [0.1, 0.15) is 0 Å². The molecule has 3 aromatic rings. The van der Waals surface area contributed by atoms with E-state index in [-0.39, 0.29) is 5.57 Å². The van der Waals surface area contributed by atoms with Gasteiger partial charge in [0.2, 0.25) is 0 Å². The van der Waals surface area contributed by atoms with Crippen LogP contribution in [0.1, 0.15) is 12.5 Å². The molecule has 2 heteroatoms. The number of carboxylic acid groups (broad SMARTS) is 1. The van der Waals surface area contributed by atoms with Crippen molar-refractivity contribution < 1.29 is 9.90 Å². The second kappa shape index (κ2) is 6.23. The summed E-state index contributed by atoms with van der Waals surface area (Å²) in [6, 6.07) is 19.5. The van der Waals surface area contributed by atoms with E-state index in [0.717, 1.165) is 0 Å². The minimum atomic E-state index is -1.19. The van der Waals surface area contributed by atoms with Crippen molar-refractivity contribution in [2.45, 2.75) is 13.8 Å². The zero-order chi connectivity index (χ0) is 15.4. The molecule has 0 aliphatic rings. The summed E-state index contributed by atoms with van der Waals surface area (Å²) in [7, 11) is 0. The van der Waals surface area contributed by atoms with E-state index in [1.807, 2.05) is 0 Å². The highest BCUT2D eigenvalue weighted by Crippen LogP contribution is 2.24. The predicted molar refractivity (Wildman–Crippen MR) is 86.0 cm³/mol. The Balaban J connectivity index is 0.000000232. The number of aryl methyl sites for hydroxylation is 1. The van der Waals surface area contributed by atoms with Crippen LogP contribution in [0.3, 0.4) is 0 Å². The fraction of sp³-hybridized carbons (Fsp3) is 0.105. The van der Waals surface area contributed by atoms with Gasteiger partial charge in [-0.15, -0.1) is 0 Å². The van der Waals surface area contributed by atoms with Gasteiger partial charge >= 0.3 is 0 Å². The fourth-order valence-electron chi connectivity index (χ4n) is 2.12. The van der Waals surface area contributed by atoms with Crippen LogP contribution in [-0.2, 0) is 4.79 Å². The smallest absolute Gasteiger partial charge is 0.0666 e. The summed E-state index contributed by atoms with van der Waals surface area (Å²) in [5.41, 5.74) is 1.41. The second-order valence-corrected chi connectivity index (χ2v) is 5.06. The van der Waals surface area contributed by atoms with Crippen molar-refractivity contribution in [3.8, 4) is 0 Å². The van der Waals surface area contributed by atoms with Crippen molar-refractivity contribution in [3.05, 3.63) is 72.3 Å². The third kappa shape index (κ3) is 3.48. The molecule has 0 aliphatic carbocycles. The number of fused-ring (bicyclic) bond motifs is 2. The third-order valence-electron chi connectivity index (χ3n) is 3.31.